The van der Waals surface area contributed by atoms with E-state index in [1.165, 1.54) is 18.2 Å². The van der Waals surface area contributed by atoms with Gasteiger partial charge in [-0.1, -0.05) is 18.2 Å². The van der Waals surface area contributed by atoms with E-state index in [0.29, 0.717) is 21.1 Å². The Morgan fingerprint density at radius 2 is 1.69 bits per heavy atom. The molecule has 0 saturated carbocycles. The number of nitrogens with one attached hydrogen (secondary N) is 2. The lowest BCUT2D eigenvalue weighted by Gasteiger charge is -2.23. The summed E-state index contributed by atoms with van der Waals surface area (Å²) in [7, 11) is -4.58. The fraction of sp³-hybridized carbons (Fsp3) is 0.233. The van der Waals surface area contributed by atoms with Crippen LogP contribution < -0.4 is 10.6 Å². The molecule has 2 aromatic heterocycles. The fourth-order valence-corrected chi connectivity index (χ4v) is 6.37. The molecule has 15 heteroatoms. The van der Waals surface area contributed by atoms with Crippen molar-refractivity contribution in [1.82, 2.24) is 19.6 Å². The lowest BCUT2D eigenvalue weighted by atomic mass is 10.1. The van der Waals surface area contributed by atoms with Crippen molar-refractivity contribution >= 4 is 21.7 Å². The van der Waals surface area contributed by atoms with Crippen LogP contribution in [0, 0.1) is 5.82 Å². The van der Waals surface area contributed by atoms with Gasteiger partial charge in [0.2, 0.25) is 15.9 Å². The molecule has 4 aromatic rings. The van der Waals surface area contributed by atoms with Crippen LogP contribution in [0.2, 0.25) is 0 Å². The largest absolute Gasteiger partial charge is 0.416 e. The molecule has 0 radical (unpaired) electrons. The number of pyridine rings is 2. The number of carbonyl (C=O) groups excluding carboxylic acids is 1. The molecule has 8 nitrogen and oxygen atoms in total. The summed E-state index contributed by atoms with van der Waals surface area (Å²) in [5.41, 5.74) is 0.806. The molecule has 2 aromatic carbocycles. The molecule has 1 aliphatic rings. The molecule has 236 valence electrons. The predicted molar refractivity (Wildman–Crippen MR) is 152 cm³/mol. The highest BCUT2D eigenvalue weighted by Gasteiger charge is 2.52. The number of alkyl halides is 5. The summed E-state index contributed by atoms with van der Waals surface area (Å²) in [5.74, 6) is -4.93. The zero-order valence-corrected chi connectivity index (χ0v) is 24.0. The highest BCUT2D eigenvalue weighted by molar-refractivity contribution is 7.89. The molecule has 5 rings (SSSR count). The van der Waals surface area contributed by atoms with Crippen molar-refractivity contribution in [2.75, 3.05) is 11.9 Å². The quantitative estimate of drug-likeness (QED) is 0.228. The third-order valence-corrected chi connectivity index (χ3v) is 8.86. The van der Waals surface area contributed by atoms with E-state index in [0.717, 1.165) is 36.4 Å². The van der Waals surface area contributed by atoms with Gasteiger partial charge in [-0.3, -0.25) is 9.78 Å². The molecule has 0 bridgehead atoms. The van der Waals surface area contributed by atoms with Crippen LogP contribution in [-0.2, 0) is 34.1 Å². The van der Waals surface area contributed by atoms with Crippen LogP contribution in [0.25, 0.3) is 11.3 Å². The Bertz CT molecular complexity index is 1770. The van der Waals surface area contributed by atoms with Crippen LogP contribution in [0.3, 0.4) is 0 Å². The smallest absolute Gasteiger partial charge is 0.364 e. The number of amides is 1. The van der Waals surface area contributed by atoms with Gasteiger partial charge >= 0.3 is 6.18 Å². The third kappa shape index (κ3) is 7.60. The highest BCUT2D eigenvalue weighted by Crippen LogP contribution is 2.36. The van der Waals surface area contributed by atoms with Crippen LogP contribution in [-0.4, -0.2) is 47.1 Å². The van der Waals surface area contributed by atoms with Gasteiger partial charge in [-0.25, -0.2) is 26.6 Å². The Morgan fingerprint density at radius 1 is 0.978 bits per heavy atom. The van der Waals surface area contributed by atoms with Gasteiger partial charge in [0.1, 0.15) is 17.7 Å². The first-order valence-corrected chi connectivity index (χ1v) is 14.9. The Kier molecular flexibility index (Phi) is 8.85. The SMILES string of the molecule is O=C(NCc1cc(NCc2ccccn2)nc(-c2ccc(C(F)(F)F)cc2)c1)C1CC(F)(F)CN1S(=O)(=O)c1ccc(F)cc1. The molecule has 0 aliphatic carbocycles. The standard InChI is InChI=1S/C30H25F6N5O3S/c31-22-8-10-24(11-9-22)45(43,44)41-18-29(32,33)15-26(41)28(42)39-16-19-13-25(20-4-6-21(7-5-20)30(34,35)36)40-27(14-19)38-17-23-3-1-2-12-37-23/h1-14,26H,15-18H2,(H,38,40)(H,39,42). The van der Waals surface area contributed by atoms with Gasteiger partial charge in [0.15, 0.2) is 0 Å². The number of rotatable bonds is 9. The van der Waals surface area contributed by atoms with Gasteiger partial charge in [0, 0.05) is 24.7 Å². The highest BCUT2D eigenvalue weighted by atomic mass is 32.2. The van der Waals surface area contributed by atoms with E-state index in [2.05, 4.69) is 20.6 Å². The van der Waals surface area contributed by atoms with Gasteiger partial charge in [0.05, 0.1) is 34.9 Å². The second-order valence-corrected chi connectivity index (χ2v) is 12.2. The minimum Gasteiger partial charge on any atom is -0.364 e. The zero-order chi connectivity index (χ0) is 32.4. The number of benzene rings is 2. The first-order chi connectivity index (χ1) is 21.2. The van der Waals surface area contributed by atoms with E-state index in [1.54, 1.807) is 30.5 Å². The molecule has 0 spiro atoms. The number of carbonyl (C=O) groups is 1. The van der Waals surface area contributed by atoms with Crippen LogP contribution in [0.15, 0.2) is 90.0 Å². The number of aromatic nitrogens is 2. The third-order valence-electron chi connectivity index (χ3n) is 6.99. The maximum Gasteiger partial charge on any atom is 0.416 e. The lowest BCUT2D eigenvalue weighted by molar-refractivity contribution is -0.137. The zero-order valence-electron chi connectivity index (χ0n) is 23.2. The molecular weight excluding hydrogens is 624 g/mol. The van der Waals surface area contributed by atoms with Crippen molar-refractivity contribution in [3.8, 4) is 11.3 Å². The van der Waals surface area contributed by atoms with Crippen molar-refractivity contribution in [2.24, 2.45) is 0 Å². The second-order valence-electron chi connectivity index (χ2n) is 10.3. The molecule has 1 amide bonds. The van der Waals surface area contributed by atoms with E-state index >= 15 is 0 Å². The average Bonchev–Trinajstić information content (AvgIpc) is 3.35. The van der Waals surface area contributed by atoms with Crippen molar-refractivity contribution in [3.63, 3.8) is 0 Å². The summed E-state index contributed by atoms with van der Waals surface area (Å²) in [6.07, 6.45) is -4.01. The molecule has 1 fully saturated rings. The maximum absolute atomic E-state index is 14.5. The van der Waals surface area contributed by atoms with E-state index in [4.69, 9.17) is 0 Å². The summed E-state index contributed by atoms with van der Waals surface area (Å²) >= 11 is 0. The van der Waals surface area contributed by atoms with Crippen molar-refractivity contribution < 1.29 is 39.6 Å². The van der Waals surface area contributed by atoms with Gasteiger partial charge in [-0.15, -0.1) is 0 Å². The van der Waals surface area contributed by atoms with Gasteiger partial charge in [-0.05, 0) is 66.2 Å². The van der Waals surface area contributed by atoms with Crippen LogP contribution >= 0.6 is 0 Å². The predicted octanol–water partition coefficient (Wildman–Crippen LogP) is 5.63. The van der Waals surface area contributed by atoms with E-state index < -0.39 is 63.3 Å². The summed E-state index contributed by atoms with van der Waals surface area (Å²) in [5, 5.41) is 5.56. The Morgan fingerprint density at radius 3 is 2.33 bits per heavy atom. The number of halogens is 6. The Balaban J connectivity index is 1.39. The van der Waals surface area contributed by atoms with Gasteiger partial charge in [0.25, 0.3) is 5.92 Å². The van der Waals surface area contributed by atoms with Crippen molar-refractivity contribution in [3.05, 3.63) is 108 Å². The number of nitrogens with zero attached hydrogens (tertiary/aromatic N) is 3. The molecular formula is C30H25F6N5O3S. The Hall–Kier alpha value is -4.50. The lowest BCUT2D eigenvalue weighted by Crippen LogP contribution is -2.45. The minimum absolute atomic E-state index is 0.240. The first kappa shape index (κ1) is 31.9. The molecule has 1 aliphatic heterocycles. The summed E-state index contributed by atoms with van der Waals surface area (Å²) < 4.78 is 108. The number of hydrogen-bond acceptors (Lipinski definition) is 6. The molecule has 3 heterocycles. The molecule has 1 atom stereocenters. The molecule has 1 saturated heterocycles. The summed E-state index contributed by atoms with van der Waals surface area (Å²) in [4.78, 5) is 21.4. The minimum atomic E-state index is -4.58. The summed E-state index contributed by atoms with van der Waals surface area (Å²) in [6.45, 7) is -1.25. The van der Waals surface area contributed by atoms with Crippen LogP contribution in [0.4, 0.5) is 32.2 Å². The van der Waals surface area contributed by atoms with Crippen LogP contribution in [0.1, 0.15) is 23.2 Å². The fourth-order valence-electron chi connectivity index (χ4n) is 4.75. The summed E-state index contributed by atoms with van der Waals surface area (Å²) in [6, 6.07) is 14.5. The van der Waals surface area contributed by atoms with Crippen LogP contribution in [0.5, 0.6) is 0 Å². The normalized spacial score (nSPS) is 16.8. The number of sulfonamides is 1. The average molecular weight is 650 g/mol. The van der Waals surface area contributed by atoms with E-state index in [9.17, 15) is 39.6 Å². The van der Waals surface area contributed by atoms with Gasteiger partial charge < -0.3 is 10.6 Å². The van der Waals surface area contributed by atoms with Crippen molar-refractivity contribution in [1.29, 1.82) is 0 Å². The second kappa shape index (κ2) is 12.5. The topological polar surface area (TPSA) is 104 Å². The van der Waals surface area contributed by atoms with Gasteiger partial charge in [-0.2, -0.15) is 17.5 Å². The maximum atomic E-state index is 14.5. The molecule has 1 unspecified atom stereocenters. The van der Waals surface area contributed by atoms with E-state index in [-0.39, 0.29) is 24.6 Å². The van der Waals surface area contributed by atoms with Crippen molar-refractivity contribution in [2.45, 2.75) is 42.5 Å². The number of anilines is 1. The monoisotopic (exact) mass is 649 g/mol. The molecule has 45 heavy (non-hydrogen) atoms. The molecule has 2 N–H and O–H groups in total. The van der Waals surface area contributed by atoms with E-state index in [1.807, 2.05) is 0 Å². The Labute approximate surface area is 254 Å². The number of hydrogen-bond donors (Lipinski definition) is 2. The first-order valence-electron chi connectivity index (χ1n) is 13.5.